The molecule has 0 amide bonds. The molecular weight excluding hydrogens is 92.1 g/mol. The Morgan fingerprint density at radius 3 is 2.86 bits per heavy atom. The molecule has 0 unspecified atom stereocenters. The summed E-state index contributed by atoms with van der Waals surface area (Å²) >= 11 is 0. The summed E-state index contributed by atoms with van der Waals surface area (Å²) in [7, 11) is 0. The lowest BCUT2D eigenvalue weighted by atomic mass is 10.5. The molecule has 0 aromatic heterocycles. The molecule has 0 rings (SSSR count). The zero-order valence-electron chi connectivity index (χ0n) is 4.55. The fourth-order valence-corrected chi connectivity index (χ4v) is 0.254. The summed E-state index contributed by atoms with van der Waals surface area (Å²) in [6.45, 7) is 4.19. The van der Waals surface area contributed by atoms with Crippen LogP contribution >= 0.6 is 0 Å². The van der Waals surface area contributed by atoms with E-state index in [0.717, 1.165) is 6.42 Å². The highest BCUT2D eigenvalue weighted by Gasteiger charge is 1.79. The molecule has 0 spiro atoms. The average Bonchev–Trinajstić information content (AvgIpc) is 1.69. The third-order valence-electron chi connectivity index (χ3n) is 0.494. The van der Waals surface area contributed by atoms with Crippen molar-refractivity contribution in [2.75, 3.05) is 13.2 Å². The van der Waals surface area contributed by atoms with E-state index >= 15 is 0 Å². The second-order valence-corrected chi connectivity index (χ2v) is 1.17. The van der Waals surface area contributed by atoms with Crippen LogP contribution in [0.2, 0.25) is 0 Å². The first-order valence-electron chi connectivity index (χ1n) is 2.46. The Hall–Kier alpha value is -0.0800. The molecule has 0 aromatic carbocycles. The predicted octanol–water partition coefficient (Wildman–Crippen LogP) is 0.567. The number of hydrogen-bond acceptors (Lipinski definition) is 2. The van der Waals surface area contributed by atoms with Crippen LogP contribution in [-0.4, -0.2) is 18.3 Å². The van der Waals surface area contributed by atoms with Gasteiger partial charge in [0, 0.05) is 0 Å². The molecule has 0 aromatic rings. The molecule has 0 aliphatic carbocycles. The van der Waals surface area contributed by atoms with Crippen LogP contribution in [-0.2, 0) is 4.74 Å². The van der Waals surface area contributed by atoms with E-state index in [2.05, 4.69) is 0 Å². The van der Waals surface area contributed by atoms with E-state index in [4.69, 9.17) is 9.84 Å². The first-order valence-corrected chi connectivity index (χ1v) is 2.46. The SMILES string of the molecule is CC[CH]OCCO. The maximum absolute atomic E-state index is 8.15. The van der Waals surface area contributed by atoms with Crippen LogP contribution in [0, 0.1) is 6.61 Å². The molecule has 2 nitrogen and oxygen atoms in total. The number of aliphatic hydroxyl groups excluding tert-OH is 1. The summed E-state index contributed by atoms with van der Waals surface area (Å²) in [5.41, 5.74) is 0. The van der Waals surface area contributed by atoms with Gasteiger partial charge in [-0.05, 0) is 6.42 Å². The molecule has 0 saturated heterocycles. The molecule has 0 fully saturated rings. The molecule has 0 atom stereocenters. The summed E-state index contributed by atoms with van der Waals surface area (Å²) in [4.78, 5) is 0. The van der Waals surface area contributed by atoms with Crippen LogP contribution < -0.4 is 0 Å². The van der Waals surface area contributed by atoms with Gasteiger partial charge >= 0.3 is 0 Å². The molecule has 1 radical (unpaired) electrons. The van der Waals surface area contributed by atoms with Crippen molar-refractivity contribution in [1.29, 1.82) is 0 Å². The highest BCUT2D eigenvalue weighted by atomic mass is 16.5. The van der Waals surface area contributed by atoms with Gasteiger partial charge in [0.2, 0.25) is 0 Å². The van der Waals surface area contributed by atoms with Crippen molar-refractivity contribution in [1.82, 2.24) is 0 Å². The summed E-state index contributed by atoms with van der Waals surface area (Å²) in [5, 5.41) is 8.15. The van der Waals surface area contributed by atoms with Gasteiger partial charge in [0.05, 0.1) is 19.8 Å². The van der Waals surface area contributed by atoms with Crippen molar-refractivity contribution < 1.29 is 9.84 Å². The van der Waals surface area contributed by atoms with E-state index < -0.39 is 0 Å². The standard InChI is InChI=1S/C5H11O2/c1-2-4-7-5-3-6/h4,6H,2-3,5H2,1H3. The molecule has 7 heavy (non-hydrogen) atoms. The number of hydrogen-bond donors (Lipinski definition) is 1. The third-order valence-corrected chi connectivity index (χ3v) is 0.494. The Morgan fingerprint density at radius 1 is 1.71 bits per heavy atom. The van der Waals surface area contributed by atoms with Gasteiger partial charge in [-0.15, -0.1) is 0 Å². The number of rotatable bonds is 4. The van der Waals surface area contributed by atoms with Crippen LogP contribution in [0.25, 0.3) is 0 Å². The molecule has 43 valence electrons. The average molecular weight is 103 g/mol. The lowest BCUT2D eigenvalue weighted by Crippen LogP contribution is -1.94. The Morgan fingerprint density at radius 2 is 2.43 bits per heavy atom. The monoisotopic (exact) mass is 103 g/mol. The molecule has 0 saturated carbocycles. The van der Waals surface area contributed by atoms with Crippen molar-refractivity contribution >= 4 is 0 Å². The van der Waals surface area contributed by atoms with Gasteiger partial charge in [-0.2, -0.15) is 0 Å². The van der Waals surface area contributed by atoms with Gasteiger partial charge < -0.3 is 9.84 Å². The highest BCUT2D eigenvalue weighted by Crippen LogP contribution is 1.84. The lowest BCUT2D eigenvalue weighted by molar-refractivity contribution is 0.134. The number of ether oxygens (including phenoxy) is 1. The molecule has 0 heterocycles. The zero-order valence-corrected chi connectivity index (χ0v) is 4.55. The Labute approximate surface area is 44.1 Å². The molecule has 2 heteroatoms. The van der Waals surface area contributed by atoms with Crippen molar-refractivity contribution in [3.8, 4) is 0 Å². The maximum atomic E-state index is 8.15. The van der Waals surface area contributed by atoms with Crippen LogP contribution in [0.3, 0.4) is 0 Å². The Bertz CT molecular complexity index is 25.3. The fraction of sp³-hybridized carbons (Fsp3) is 0.800. The first kappa shape index (κ1) is 6.92. The lowest BCUT2D eigenvalue weighted by Gasteiger charge is -1.94. The van der Waals surface area contributed by atoms with Crippen LogP contribution in [0.5, 0.6) is 0 Å². The second kappa shape index (κ2) is 5.92. The molecule has 0 bridgehead atoms. The van der Waals surface area contributed by atoms with Crippen molar-refractivity contribution in [3.05, 3.63) is 6.61 Å². The van der Waals surface area contributed by atoms with E-state index in [1.165, 1.54) is 0 Å². The van der Waals surface area contributed by atoms with Gasteiger partial charge in [-0.3, -0.25) is 0 Å². The van der Waals surface area contributed by atoms with E-state index in [-0.39, 0.29) is 6.61 Å². The number of aliphatic hydroxyl groups is 1. The van der Waals surface area contributed by atoms with Crippen LogP contribution in [0.15, 0.2) is 0 Å². The third kappa shape index (κ3) is 5.92. The maximum Gasteiger partial charge on any atom is 0.0835 e. The van der Waals surface area contributed by atoms with E-state index in [9.17, 15) is 0 Å². The van der Waals surface area contributed by atoms with E-state index in [1.807, 2.05) is 6.92 Å². The van der Waals surface area contributed by atoms with Gasteiger partial charge in [-0.25, -0.2) is 0 Å². The predicted molar refractivity (Wildman–Crippen MR) is 27.6 cm³/mol. The van der Waals surface area contributed by atoms with Crippen molar-refractivity contribution in [2.45, 2.75) is 13.3 Å². The topological polar surface area (TPSA) is 29.5 Å². The van der Waals surface area contributed by atoms with E-state index in [1.54, 1.807) is 6.61 Å². The minimum absolute atomic E-state index is 0.108. The summed E-state index contributed by atoms with van der Waals surface area (Å²) in [6, 6.07) is 0. The second-order valence-electron chi connectivity index (χ2n) is 1.17. The smallest absolute Gasteiger partial charge is 0.0835 e. The molecule has 0 aliphatic heterocycles. The van der Waals surface area contributed by atoms with Crippen molar-refractivity contribution in [3.63, 3.8) is 0 Å². The molecular formula is C5H11O2. The Kier molecular flexibility index (Phi) is 5.85. The summed E-state index contributed by atoms with van der Waals surface area (Å²) < 4.78 is 4.76. The normalized spacial score (nSPS) is 9.43. The summed E-state index contributed by atoms with van der Waals surface area (Å²) in [6.07, 6.45) is 0.903. The van der Waals surface area contributed by atoms with Gasteiger partial charge in [0.1, 0.15) is 0 Å². The van der Waals surface area contributed by atoms with E-state index in [0.29, 0.717) is 6.61 Å². The molecule has 1 N–H and O–H groups in total. The van der Waals surface area contributed by atoms with Gasteiger partial charge in [-0.1, -0.05) is 6.92 Å². The quantitative estimate of drug-likeness (QED) is 0.527. The largest absolute Gasteiger partial charge is 0.394 e. The Balaban J connectivity index is 2.45. The van der Waals surface area contributed by atoms with Crippen LogP contribution in [0.4, 0.5) is 0 Å². The highest BCUT2D eigenvalue weighted by molar-refractivity contribution is 4.41. The minimum Gasteiger partial charge on any atom is -0.394 e. The zero-order chi connectivity index (χ0) is 5.54. The fourth-order valence-electron chi connectivity index (χ4n) is 0.254. The van der Waals surface area contributed by atoms with Crippen molar-refractivity contribution in [2.24, 2.45) is 0 Å². The first-order chi connectivity index (χ1) is 3.41. The molecule has 0 aliphatic rings. The van der Waals surface area contributed by atoms with Gasteiger partial charge in [0.25, 0.3) is 0 Å². The summed E-state index contributed by atoms with van der Waals surface area (Å²) in [5.74, 6) is 0. The van der Waals surface area contributed by atoms with Crippen LogP contribution in [0.1, 0.15) is 13.3 Å². The van der Waals surface area contributed by atoms with Gasteiger partial charge in [0.15, 0.2) is 0 Å². The minimum atomic E-state index is 0.108.